The number of aromatic nitrogens is 2. The molecule has 0 spiro atoms. The second-order valence-electron chi connectivity index (χ2n) is 5.51. The molecule has 2 aromatic rings. The van der Waals surface area contributed by atoms with Gasteiger partial charge in [0.15, 0.2) is 0 Å². The monoisotopic (exact) mass is 296 g/mol. The molecule has 1 aromatic carbocycles. The maximum Gasteiger partial charge on any atom is 0.274 e. The average Bonchev–Trinajstić information content (AvgIpc) is 2.81. The van der Waals surface area contributed by atoms with Crippen molar-refractivity contribution in [1.29, 1.82) is 0 Å². The van der Waals surface area contributed by atoms with Gasteiger partial charge in [0, 0.05) is 44.3 Å². The summed E-state index contributed by atoms with van der Waals surface area (Å²) in [6, 6.07) is 8.40. The number of carbonyl (C=O) groups excluding carboxylic acids is 1. The molecule has 114 valence electrons. The van der Waals surface area contributed by atoms with Crippen molar-refractivity contribution >= 4 is 11.6 Å². The van der Waals surface area contributed by atoms with E-state index in [-0.39, 0.29) is 5.91 Å². The van der Waals surface area contributed by atoms with Gasteiger partial charge in [-0.25, -0.2) is 4.98 Å². The van der Waals surface area contributed by atoms with E-state index >= 15 is 0 Å². The topological polar surface area (TPSA) is 49.3 Å². The van der Waals surface area contributed by atoms with Crippen molar-refractivity contribution in [3.8, 4) is 0 Å². The SMILES string of the molecule is Cc1ccccc1N1CCCN(C(=O)c2cnccn2)CC1. The molecule has 0 atom stereocenters. The molecule has 0 bridgehead atoms. The van der Waals surface area contributed by atoms with E-state index in [0.717, 1.165) is 26.1 Å². The minimum atomic E-state index is -0.0280. The summed E-state index contributed by atoms with van der Waals surface area (Å²) in [5.41, 5.74) is 2.96. The average molecular weight is 296 g/mol. The Kier molecular flexibility index (Phi) is 4.32. The summed E-state index contributed by atoms with van der Waals surface area (Å²) in [6.07, 6.45) is 5.64. The van der Waals surface area contributed by atoms with Gasteiger partial charge in [0.25, 0.3) is 5.91 Å². The molecule has 0 N–H and O–H groups in total. The fourth-order valence-corrected chi connectivity index (χ4v) is 2.85. The molecular weight excluding hydrogens is 276 g/mol. The standard InChI is InChI=1S/C17H20N4O/c1-14-5-2-3-6-16(14)20-9-4-10-21(12-11-20)17(22)15-13-18-7-8-19-15/h2-3,5-8,13H,4,9-12H2,1H3. The maximum absolute atomic E-state index is 12.5. The summed E-state index contributed by atoms with van der Waals surface area (Å²) < 4.78 is 0. The first-order chi connectivity index (χ1) is 10.8. The molecule has 1 aliphatic rings. The van der Waals surface area contributed by atoms with Crippen molar-refractivity contribution in [3.05, 3.63) is 54.1 Å². The highest BCUT2D eigenvalue weighted by atomic mass is 16.2. The Bertz CT molecular complexity index is 644. The Morgan fingerprint density at radius 1 is 1.09 bits per heavy atom. The van der Waals surface area contributed by atoms with Gasteiger partial charge in [0.1, 0.15) is 5.69 Å². The summed E-state index contributed by atoms with van der Waals surface area (Å²) in [4.78, 5) is 24.8. The molecule has 5 heteroatoms. The quantitative estimate of drug-likeness (QED) is 0.852. The van der Waals surface area contributed by atoms with Crippen LogP contribution >= 0.6 is 0 Å². The molecule has 1 amide bonds. The molecule has 1 aliphatic heterocycles. The number of amides is 1. The van der Waals surface area contributed by atoms with Crippen molar-refractivity contribution < 1.29 is 4.79 Å². The first-order valence-electron chi connectivity index (χ1n) is 7.61. The minimum absolute atomic E-state index is 0.0280. The van der Waals surface area contributed by atoms with Crippen LogP contribution in [-0.4, -0.2) is 47.0 Å². The van der Waals surface area contributed by atoms with E-state index in [1.165, 1.54) is 17.4 Å². The van der Waals surface area contributed by atoms with Crippen LogP contribution in [0.3, 0.4) is 0 Å². The normalized spacial score (nSPS) is 15.5. The fourth-order valence-electron chi connectivity index (χ4n) is 2.85. The molecule has 2 heterocycles. The minimum Gasteiger partial charge on any atom is -0.369 e. The summed E-state index contributed by atoms with van der Waals surface area (Å²) in [5.74, 6) is -0.0280. The molecule has 1 aromatic heterocycles. The molecule has 0 saturated carbocycles. The Balaban J connectivity index is 1.70. The lowest BCUT2D eigenvalue weighted by atomic mass is 10.2. The van der Waals surface area contributed by atoms with Gasteiger partial charge in [0.2, 0.25) is 0 Å². The first kappa shape index (κ1) is 14.5. The summed E-state index contributed by atoms with van der Waals surface area (Å²) in [6.45, 7) is 5.41. The molecule has 0 aliphatic carbocycles. The van der Waals surface area contributed by atoms with E-state index in [1.54, 1.807) is 12.4 Å². The van der Waals surface area contributed by atoms with Gasteiger partial charge >= 0.3 is 0 Å². The smallest absolute Gasteiger partial charge is 0.274 e. The predicted molar refractivity (Wildman–Crippen MR) is 85.9 cm³/mol. The fraction of sp³-hybridized carbons (Fsp3) is 0.353. The summed E-state index contributed by atoms with van der Waals surface area (Å²) in [7, 11) is 0. The van der Waals surface area contributed by atoms with E-state index in [2.05, 4.69) is 46.1 Å². The third-order valence-corrected chi connectivity index (χ3v) is 4.02. The van der Waals surface area contributed by atoms with E-state index < -0.39 is 0 Å². The van der Waals surface area contributed by atoms with E-state index in [1.807, 2.05) is 4.90 Å². The second-order valence-corrected chi connectivity index (χ2v) is 5.51. The lowest BCUT2D eigenvalue weighted by Crippen LogP contribution is -2.35. The second kappa shape index (κ2) is 6.56. The van der Waals surface area contributed by atoms with Crippen molar-refractivity contribution in [2.24, 2.45) is 0 Å². The Morgan fingerprint density at radius 3 is 2.73 bits per heavy atom. The molecule has 1 fully saturated rings. The molecule has 22 heavy (non-hydrogen) atoms. The molecule has 3 rings (SSSR count). The van der Waals surface area contributed by atoms with Crippen molar-refractivity contribution in [2.45, 2.75) is 13.3 Å². The van der Waals surface area contributed by atoms with Crippen LogP contribution in [0.5, 0.6) is 0 Å². The van der Waals surface area contributed by atoms with Gasteiger partial charge in [-0.3, -0.25) is 9.78 Å². The van der Waals surface area contributed by atoms with Gasteiger partial charge in [-0.1, -0.05) is 18.2 Å². The third-order valence-electron chi connectivity index (χ3n) is 4.02. The molecule has 0 unspecified atom stereocenters. The highest BCUT2D eigenvalue weighted by Crippen LogP contribution is 2.21. The zero-order valence-electron chi connectivity index (χ0n) is 12.8. The van der Waals surface area contributed by atoms with E-state index in [9.17, 15) is 4.79 Å². The van der Waals surface area contributed by atoms with Crippen LogP contribution in [0.1, 0.15) is 22.5 Å². The van der Waals surface area contributed by atoms with Crippen molar-refractivity contribution in [3.63, 3.8) is 0 Å². The van der Waals surface area contributed by atoms with Crippen LogP contribution in [0.4, 0.5) is 5.69 Å². The van der Waals surface area contributed by atoms with Crippen molar-refractivity contribution in [2.75, 3.05) is 31.1 Å². The highest BCUT2D eigenvalue weighted by molar-refractivity contribution is 5.92. The number of para-hydroxylation sites is 1. The van der Waals surface area contributed by atoms with E-state index in [0.29, 0.717) is 12.2 Å². The van der Waals surface area contributed by atoms with Gasteiger partial charge in [-0.2, -0.15) is 0 Å². The summed E-state index contributed by atoms with van der Waals surface area (Å²) >= 11 is 0. The molecule has 1 saturated heterocycles. The number of hydrogen-bond donors (Lipinski definition) is 0. The van der Waals surface area contributed by atoms with Crippen LogP contribution in [0.2, 0.25) is 0 Å². The van der Waals surface area contributed by atoms with Gasteiger partial charge < -0.3 is 9.80 Å². The third kappa shape index (κ3) is 3.08. The van der Waals surface area contributed by atoms with Gasteiger partial charge in [-0.15, -0.1) is 0 Å². The number of hydrogen-bond acceptors (Lipinski definition) is 4. The highest BCUT2D eigenvalue weighted by Gasteiger charge is 2.21. The van der Waals surface area contributed by atoms with Crippen LogP contribution in [0.15, 0.2) is 42.9 Å². The van der Waals surface area contributed by atoms with Gasteiger partial charge in [0.05, 0.1) is 6.20 Å². The molecule has 5 nitrogen and oxygen atoms in total. The number of nitrogens with zero attached hydrogens (tertiary/aromatic N) is 4. The zero-order chi connectivity index (χ0) is 15.4. The summed E-state index contributed by atoms with van der Waals surface area (Å²) in [5, 5.41) is 0. The number of aryl methyl sites for hydroxylation is 1. The maximum atomic E-state index is 12.5. The number of anilines is 1. The van der Waals surface area contributed by atoms with E-state index in [4.69, 9.17) is 0 Å². The predicted octanol–water partition coefficient (Wildman–Crippen LogP) is 2.14. The Hall–Kier alpha value is -2.43. The Morgan fingerprint density at radius 2 is 1.95 bits per heavy atom. The molecular formula is C17H20N4O. The van der Waals surface area contributed by atoms with Crippen LogP contribution in [-0.2, 0) is 0 Å². The van der Waals surface area contributed by atoms with Crippen molar-refractivity contribution in [1.82, 2.24) is 14.9 Å². The first-order valence-corrected chi connectivity index (χ1v) is 7.61. The number of carbonyl (C=O) groups is 1. The largest absolute Gasteiger partial charge is 0.369 e. The zero-order valence-corrected chi connectivity index (χ0v) is 12.8. The lowest BCUT2D eigenvalue weighted by molar-refractivity contribution is 0.0760. The van der Waals surface area contributed by atoms with Crippen LogP contribution in [0.25, 0.3) is 0 Å². The Labute approximate surface area is 130 Å². The number of benzene rings is 1. The lowest BCUT2D eigenvalue weighted by Gasteiger charge is -2.25. The van der Waals surface area contributed by atoms with Gasteiger partial charge in [-0.05, 0) is 25.0 Å². The van der Waals surface area contributed by atoms with Crippen LogP contribution in [0, 0.1) is 6.92 Å². The van der Waals surface area contributed by atoms with Crippen LogP contribution < -0.4 is 4.90 Å². The molecule has 0 radical (unpaired) electrons. The number of rotatable bonds is 2.